The second kappa shape index (κ2) is 9.31. The minimum Gasteiger partial charge on any atom is -0.429 e. The molecule has 1 aliphatic rings. The van der Waals surface area contributed by atoms with Crippen LogP contribution in [0.4, 0.5) is 26.3 Å². The van der Waals surface area contributed by atoms with Crippen molar-refractivity contribution in [2.75, 3.05) is 0 Å². The Morgan fingerprint density at radius 3 is 2.10 bits per heavy atom. The first-order valence-electron chi connectivity index (χ1n) is 10.2. The van der Waals surface area contributed by atoms with Crippen molar-refractivity contribution in [2.24, 2.45) is 5.92 Å². The van der Waals surface area contributed by atoms with Crippen LogP contribution < -0.4 is 4.74 Å². The normalized spacial score (nSPS) is 19.7. The molecule has 1 fully saturated rings. The first-order chi connectivity index (χ1) is 14.2. The lowest BCUT2D eigenvalue weighted by Gasteiger charge is -2.29. The van der Waals surface area contributed by atoms with Crippen LogP contribution in [-0.4, -0.2) is 0 Å². The van der Waals surface area contributed by atoms with E-state index in [1.54, 1.807) is 0 Å². The van der Waals surface area contributed by atoms with E-state index in [0.29, 0.717) is 11.5 Å². The van der Waals surface area contributed by atoms with Gasteiger partial charge in [-0.25, -0.2) is 17.6 Å². The SMILES string of the molecule is CCCC[C@H]1CC[C@H](c2ccc(C(F)(F)Oc3cc(F)c(F)c(F)c3)c(F)c2)CC1. The van der Waals surface area contributed by atoms with Gasteiger partial charge in [-0.2, -0.15) is 8.78 Å². The van der Waals surface area contributed by atoms with Crippen LogP contribution in [0.2, 0.25) is 0 Å². The van der Waals surface area contributed by atoms with Gasteiger partial charge in [0.2, 0.25) is 0 Å². The number of unbranched alkanes of at least 4 members (excludes halogenated alkanes) is 1. The standard InChI is InChI=1S/C23H24F6O/c1-2-3-4-14-5-7-15(8-6-14)16-9-10-18(19(24)11-16)23(28,29)30-17-12-20(25)22(27)21(26)13-17/h9-15H,2-8H2,1H3/t14-,15-. The molecule has 0 bridgehead atoms. The zero-order chi connectivity index (χ0) is 21.9. The van der Waals surface area contributed by atoms with E-state index < -0.39 is 40.7 Å². The molecule has 164 valence electrons. The summed E-state index contributed by atoms with van der Waals surface area (Å²) in [6, 6.07) is 4.03. The molecule has 1 nitrogen and oxygen atoms in total. The molecule has 0 heterocycles. The molecular formula is C23H24F6O. The van der Waals surface area contributed by atoms with Crippen LogP contribution in [0.3, 0.4) is 0 Å². The molecule has 30 heavy (non-hydrogen) atoms. The van der Waals surface area contributed by atoms with E-state index in [-0.39, 0.29) is 18.1 Å². The minimum absolute atomic E-state index is 0.112. The average molecular weight is 430 g/mol. The van der Waals surface area contributed by atoms with Crippen LogP contribution in [0, 0.1) is 29.2 Å². The number of alkyl halides is 2. The topological polar surface area (TPSA) is 9.23 Å². The fourth-order valence-corrected chi connectivity index (χ4v) is 4.09. The molecule has 0 spiro atoms. The smallest absolute Gasteiger partial charge is 0.429 e. The summed E-state index contributed by atoms with van der Waals surface area (Å²) in [7, 11) is 0. The van der Waals surface area contributed by atoms with Gasteiger partial charge >= 0.3 is 6.11 Å². The van der Waals surface area contributed by atoms with Crippen molar-refractivity contribution < 1.29 is 31.1 Å². The molecule has 2 aromatic carbocycles. The van der Waals surface area contributed by atoms with E-state index in [0.717, 1.165) is 44.2 Å². The van der Waals surface area contributed by atoms with Crippen molar-refractivity contribution in [3.8, 4) is 5.75 Å². The predicted molar refractivity (Wildman–Crippen MR) is 101 cm³/mol. The minimum atomic E-state index is -4.18. The van der Waals surface area contributed by atoms with E-state index in [1.807, 2.05) is 0 Å². The van der Waals surface area contributed by atoms with E-state index in [1.165, 1.54) is 18.9 Å². The molecular weight excluding hydrogens is 406 g/mol. The molecule has 2 aromatic rings. The Hall–Kier alpha value is -2.18. The molecule has 0 aromatic heterocycles. The van der Waals surface area contributed by atoms with Crippen molar-refractivity contribution in [2.45, 2.75) is 63.9 Å². The van der Waals surface area contributed by atoms with Crippen molar-refractivity contribution in [1.29, 1.82) is 0 Å². The Morgan fingerprint density at radius 2 is 1.53 bits per heavy atom. The lowest BCUT2D eigenvalue weighted by molar-refractivity contribution is -0.187. The summed E-state index contributed by atoms with van der Waals surface area (Å²) in [5, 5.41) is 0. The largest absolute Gasteiger partial charge is 0.429 e. The number of ether oxygens (including phenoxy) is 1. The molecule has 1 saturated carbocycles. The third-order valence-corrected chi connectivity index (χ3v) is 5.79. The van der Waals surface area contributed by atoms with Crippen LogP contribution in [0.25, 0.3) is 0 Å². The lowest BCUT2D eigenvalue weighted by atomic mass is 9.77. The second-order valence-corrected chi connectivity index (χ2v) is 7.92. The van der Waals surface area contributed by atoms with E-state index in [4.69, 9.17) is 0 Å². The van der Waals surface area contributed by atoms with Gasteiger partial charge in [0.05, 0.1) is 5.56 Å². The molecule has 0 radical (unpaired) electrons. The summed E-state index contributed by atoms with van der Waals surface area (Å²) >= 11 is 0. The molecule has 3 rings (SSSR count). The zero-order valence-electron chi connectivity index (χ0n) is 16.7. The molecule has 0 N–H and O–H groups in total. The summed E-state index contributed by atoms with van der Waals surface area (Å²) in [4.78, 5) is 0. The molecule has 0 saturated heterocycles. The first-order valence-corrected chi connectivity index (χ1v) is 10.2. The number of benzene rings is 2. The lowest BCUT2D eigenvalue weighted by Crippen LogP contribution is -2.24. The molecule has 0 aliphatic heterocycles. The van der Waals surface area contributed by atoms with Gasteiger partial charge in [0.25, 0.3) is 0 Å². The molecule has 0 unspecified atom stereocenters. The highest BCUT2D eigenvalue weighted by atomic mass is 19.3. The van der Waals surface area contributed by atoms with Crippen molar-refractivity contribution >= 4 is 0 Å². The molecule has 0 amide bonds. The fourth-order valence-electron chi connectivity index (χ4n) is 4.09. The summed E-state index contributed by atoms with van der Waals surface area (Å²) in [5.41, 5.74) is -0.395. The number of halogens is 6. The maximum absolute atomic E-state index is 14.5. The van der Waals surface area contributed by atoms with Crippen molar-refractivity contribution in [3.05, 3.63) is 64.7 Å². The number of hydrogen-bond donors (Lipinski definition) is 0. The van der Waals surface area contributed by atoms with Crippen LogP contribution in [0.5, 0.6) is 5.75 Å². The summed E-state index contributed by atoms with van der Waals surface area (Å²) < 4.78 is 87.1. The van der Waals surface area contributed by atoms with Crippen molar-refractivity contribution in [3.63, 3.8) is 0 Å². The van der Waals surface area contributed by atoms with Crippen LogP contribution in [0.1, 0.15) is 68.9 Å². The maximum atomic E-state index is 14.5. The quantitative estimate of drug-likeness (QED) is 0.321. The average Bonchev–Trinajstić information content (AvgIpc) is 2.70. The van der Waals surface area contributed by atoms with Gasteiger partial charge in [-0.3, -0.25) is 0 Å². The van der Waals surface area contributed by atoms with Gasteiger partial charge in [0.1, 0.15) is 11.6 Å². The Bertz CT molecular complexity index is 851. The van der Waals surface area contributed by atoms with Gasteiger partial charge in [-0.15, -0.1) is 0 Å². The fraction of sp³-hybridized carbons (Fsp3) is 0.478. The summed E-state index contributed by atoms with van der Waals surface area (Å²) in [6.45, 7) is 2.15. The Kier molecular flexibility index (Phi) is 6.98. The van der Waals surface area contributed by atoms with E-state index in [2.05, 4.69) is 11.7 Å². The Labute approximate surface area is 172 Å². The number of rotatable bonds is 7. The second-order valence-electron chi connectivity index (χ2n) is 7.92. The van der Waals surface area contributed by atoms with Crippen LogP contribution in [-0.2, 0) is 6.11 Å². The highest BCUT2D eigenvalue weighted by Gasteiger charge is 2.38. The third kappa shape index (κ3) is 5.10. The summed E-state index contributed by atoms with van der Waals surface area (Å²) in [5.74, 6) is -6.47. The van der Waals surface area contributed by atoms with Crippen LogP contribution >= 0.6 is 0 Å². The summed E-state index contributed by atoms with van der Waals surface area (Å²) in [6.07, 6.45) is 3.18. The van der Waals surface area contributed by atoms with Gasteiger partial charge in [-0.1, -0.05) is 32.3 Å². The van der Waals surface area contributed by atoms with Crippen molar-refractivity contribution in [1.82, 2.24) is 0 Å². The van der Waals surface area contributed by atoms with E-state index >= 15 is 0 Å². The predicted octanol–water partition coefficient (Wildman–Crippen LogP) is 7.84. The number of hydrogen-bond acceptors (Lipinski definition) is 1. The zero-order valence-corrected chi connectivity index (χ0v) is 16.7. The Balaban J connectivity index is 1.71. The van der Waals surface area contributed by atoms with Gasteiger partial charge < -0.3 is 4.74 Å². The van der Waals surface area contributed by atoms with E-state index in [9.17, 15) is 26.3 Å². The molecule has 1 aliphatic carbocycles. The first kappa shape index (κ1) is 22.5. The van der Waals surface area contributed by atoms with Gasteiger partial charge in [-0.05, 0) is 55.2 Å². The monoisotopic (exact) mass is 430 g/mol. The maximum Gasteiger partial charge on any atom is 0.429 e. The van der Waals surface area contributed by atoms with Crippen LogP contribution in [0.15, 0.2) is 30.3 Å². The highest BCUT2D eigenvalue weighted by molar-refractivity contribution is 5.31. The molecule has 7 heteroatoms. The third-order valence-electron chi connectivity index (χ3n) is 5.79. The highest BCUT2D eigenvalue weighted by Crippen LogP contribution is 2.40. The van der Waals surface area contributed by atoms with Gasteiger partial charge in [0, 0.05) is 12.1 Å². The Morgan fingerprint density at radius 1 is 0.900 bits per heavy atom. The van der Waals surface area contributed by atoms with Gasteiger partial charge in [0.15, 0.2) is 17.5 Å². The molecule has 0 atom stereocenters.